The van der Waals surface area contributed by atoms with E-state index in [9.17, 15) is 4.79 Å². The first kappa shape index (κ1) is 12.5. The fourth-order valence-electron chi connectivity index (χ4n) is 2.29. The Hall–Kier alpha value is -0.570. The summed E-state index contributed by atoms with van der Waals surface area (Å²) in [4.78, 5) is 11.4. The maximum absolute atomic E-state index is 11.4. The standard InChI is InChI=1S/C12H22O3/c1-3-14-11(9-12(13)15-4-2)10-7-5-6-8-10/h10-11H,3-9H2,1-2H3. The van der Waals surface area contributed by atoms with Gasteiger partial charge in [-0.15, -0.1) is 0 Å². The molecule has 1 saturated carbocycles. The van der Waals surface area contributed by atoms with E-state index in [1.54, 1.807) is 0 Å². The van der Waals surface area contributed by atoms with Gasteiger partial charge in [-0.1, -0.05) is 12.8 Å². The number of esters is 1. The second-order valence-corrected chi connectivity index (χ2v) is 4.05. The summed E-state index contributed by atoms with van der Waals surface area (Å²) in [6.45, 7) is 4.96. The van der Waals surface area contributed by atoms with E-state index in [4.69, 9.17) is 9.47 Å². The summed E-state index contributed by atoms with van der Waals surface area (Å²) in [5.74, 6) is 0.442. The smallest absolute Gasteiger partial charge is 0.308 e. The zero-order valence-corrected chi connectivity index (χ0v) is 9.83. The molecule has 3 heteroatoms. The molecule has 1 unspecified atom stereocenters. The quantitative estimate of drug-likeness (QED) is 0.637. The van der Waals surface area contributed by atoms with E-state index in [1.807, 2.05) is 13.8 Å². The van der Waals surface area contributed by atoms with Crippen LogP contribution in [-0.4, -0.2) is 25.3 Å². The van der Waals surface area contributed by atoms with Crippen LogP contribution in [0.3, 0.4) is 0 Å². The highest BCUT2D eigenvalue weighted by molar-refractivity contribution is 5.70. The van der Waals surface area contributed by atoms with Gasteiger partial charge in [0.15, 0.2) is 0 Å². The fraction of sp³-hybridized carbons (Fsp3) is 0.917. The summed E-state index contributed by atoms with van der Waals surface area (Å²) in [7, 11) is 0. The van der Waals surface area contributed by atoms with Gasteiger partial charge in [0.25, 0.3) is 0 Å². The van der Waals surface area contributed by atoms with E-state index < -0.39 is 0 Å². The second kappa shape index (κ2) is 6.83. The van der Waals surface area contributed by atoms with Crippen LogP contribution in [0.25, 0.3) is 0 Å². The van der Waals surface area contributed by atoms with Crippen molar-refractivity contribution in [3.8, 4) is 0 Å². The van der Waals surface area contributed by atoms with Crippen LogP contribution in [0, 0.1) is 5.92 Å². The van der Waals surface area contributed by atoms with Crippen molar-refractivity contribution in [3.63, 3.8) is 0 Å². The lowest BCUT2D eigenvalue weighted by molar-refractivity contribution is -0.147. The van der Waals surface area contributed by atoms with Crippen molar-refractivity contribution in [2.24, 2.45) is 5.92 Å². The van der Waals surface area contributed by atoms with Crippen LogP contribution in [0.2, 0.25) is 0 Å². The SMILES string of the molecule is CCOC(=O)CC(OCC)C1CCCC1. The molecule has 1 aliphatic rings. The Labute approximate surface area is 92.1 Å². The van der Waals surface area contributed by atoms with Gasteiger partial charge in [0.1, 0.15) is 0 Å². The van der Waals surface area contributed by atoms with E-state index in [0.717, 1.165) is 0 Å². The van der Waals surface area contributed by atoms with Gasteiger partial charge in [0.2, 0.25) is 0 Å². The Bertz CT molecular complexity index is 185. The Morgan fingerprint density at radius 1 is 1.27 bits per heavy atom. The van der Waals surface area contributed by atoms with Gasteiger partial charge >= 0.3 is 5.97 Å². The molecule has 3 nitrogen and oxygen atoms in total. The van der Waals surface area contributed by atoms with Gasteiger partial charge < -0.3 is 9.47 Å². The topological polar surface area (TPSA) is 35.5 Å². The van der Waals surface area contributed by atoms with Gasteiger partial charge in [0.05, 0.1) is 19.1 Å². The lowest BCUT2D eigenvalue weighted by Gasteiger charge is -2.22. The summed E-state index contributed by atoms with van der Waals surface area (Å²) < 4.78 is 10.6. The van der Waals surface area contributed by atoms with Crippen molar-refractivity contribution < 1.29 is 14.3 Å². The van der Waals surface area contributed by atoms with E-state index in [-0.39, 0.29) is 12.1 Å². The van der Waals surface area contributed by atoms with E-state index in [0.29, 0.717) is 25.6 Å². The maximum atomic E-state index is 11.4. The van der Waals surface area contributed by atoms with Gasteiger partial charge in [-0.25, -0.2) is 0 Å². The highest BCUT2D eigenvalue weighted by Gasteiger charge is 2.27. The van der Waals surface area contributed by atoms with Crippen molar-refractivity contribution in [1.82, 2.24) is 0 Å². The molecule has 0 spiro atoms. The minimum absolute atomic E-state index is 0.0801. The summed E-state index contributed by atoms with van der Waals surface area (Å²) in [5.41, 5.74) is 0. The average Bonchev–Trinajstić information content (AvgIpc) is 2.70. The largest absolute Gasteiger partial charge is 0.466 e. The predicted molar refractivity (Wildman–Crippen MR) is 58.6 cm³/mol. The van der Waals surface area contributed by atoms with Crippen LogP contribution in [-0.2, 0) is 14.3 Å². The van der Waals surface area contributed by atoms with Crippen molar-refractivity contribution >= 4 is 5.97 Å². The number of ether oxygens (including phenoxy) is 2. The molecule has 1 aliphatic carbocycles. The monoisotopic (exact) mass is 214 g/mol. The van der Waals surface area contributed by atoms with E-state index >= 15 is 0 Å². The minimum atomic E-state index is -0.122. The van der Waals surface area contributed by atoms with Crippen LogP contribution in [0.1, 0.15) is 46.0 Å². The Kier molecular flexibility index (Phi) is 5.69. The molecule has 1 atom stereocenters. The number of carbonyl (C=O) groups is 1. The van der Waals surface area contributed by atoms with Crippen LogP contribution < -0.4 is 0 Å². The molecule has 0 aromatic rings. The predicted octanol–water partition coefficient (Wildman–Crippen LogP) is 2.53. The average molecular weight is 214 g/mol. The van der Waals surface area contributed by atoms with Gasteiger partial charge in [-0.2, -0.15) is 0 Å². The third kappa shape index (κ3) is 4.20. The highest BCUT2D eigenvalue weighted by atomic mass is 16.5. The van der Waals surface area contributed by atoms with Crippen molar-refractivity contribution in [2.75, 3.05) is 13.2 Å². The van der Waals surface area contributed by atoms with Crippen molar-refractivity contribution in [3.05, 3.63) is 0 Å². The minimum Gasteiger partial charge on any atom is -0.466 e. The second-order valence-electron chi connectivity index (χ2n) is 4.05. The zero-order chi connectivity index (χ0) is 11.1. The third-order valence-electron chi connectivity index (χ3n) is 2.98. The molecule has 1 rings (SSSR count). The molecule has 0 heterocycles. The number of hydrogen-bond donors (Lipinski definition) is 0. The summed E-state index contributed by atoms with van der Waals surface area (Å²) in [6, 6.07) is 0. The number of hydrogen-bond acceptors (Lipinski definition) is 3. The maximum Gasteiger partial charge on any atom is 0.308 e. The van der Waals surface area contributed by atoms with E-state index in [2.05, 4.69) is 0 Å². The fourth-order valence-corrected chi connectivity index (χ4v) is 2.29. The molecule has 0 amide bonds. The molecule has 0 bridgehead atoms. The lowest BCUT2D eigenvalue weighted by Crippen LogP contribution is -2.26. The van der Waals surface area contributed by atoms with Crippen LogP contribution in [0.15, 0.2) is 0 Å². The highest BCUT2D eigenvalue weighted by Crippen LogP contribution is 2.30. The molecule has 88 valence electrons. The Morgan fingerprint density at radius 3 is 2.47 bits per heavy atom. The Balaban J connectivity index is 2.38. The molecule has 0 aromatic heterocycles. The van der Waals surface area contributed by atoms with Gasteiger partial charge in [-0.3, -0.25) is 4.79 Å². The first-order valence-corrected chi connectivity index (χ1v) is 6.05. The molecule has 15 heavy (non-hydrogen) atoms. The first-order chi connectivity index (χ1) is 7.27. The van der Waals surface area contributed by atoms with Gasteiger partial charge in [0, 0.05) is 6.61 Å². The summed E-state index contributed by atoms with van der Waals surface area (Å²) in [6.07, 6.45) is 5.45. The third-order valence-corrected chi connectivity index (χ3v) is 2.98. The normalized spacial score (nSPS) is 19.1. The molecule has 0 saturated heterocycles. The molecule has 0 radical (unpaired) electrons. The molecular formula is C12H22O3. The molecule has 0 N–H and O–H groups in total. The number of carbonyl (C=O) groups excluding carboxylic acids is 1. The van der Waals surface area contributed by atoms with Crippen molar-refractivity contribution in [2.45, 2.75) is 52.1 Å². The number of rotatable bonds is 6. The van der Waals surface area contributed by atoms with Crippen LogP contribution >= 0.6 is 0 Å². The van der Waals surface area contributed by atoms with Crippen LogP contribution in [0.4, 0.5) is 0 Å². The van der Waals surface area contributed by atoms with E-state index in [1.165, 1.54) is 25.7 Å². The molecular weight excluding hydrogens is 192 g/mol. The van der Waals surface area contributed by atoms with Crippen molar-refractivity contribution in [1.29, 1.82) is 0 Å². The summed E-state index contributed by atoms with van der Waals surface area (Å²) in [5, 5.41) is 0. The van der Waals surface area contributed by atoms with Gasteiger partial charge in [-0.05, 0) is 32.6 Å². The van der Waals surface area contributed by atoms with Crippen LogP contribution in [0.5, 0.6) is 0 Å². The zero-order valence-electron chi connectivity index (χ0n) is 9.83. The molecule has 0 aromatic carbocycles. The summed E-state index contributed by atoms with van der Waals surface area (Å²) >= 11 is 0. The molecule has 1 fully saturated rings. The lowest BCUT2D eigenvalue weighted by atomic mass is 9.98. The first-order valence-electron chi connectivity index (χ1n) is 6.05. The molecule has 0 aliphatic heterocycles. The Morgan fingerprint density at radius 2 is 1.93 bits per heavy atom.